The largest absolute Gasteiger partial charge is 0.305 e. The van der Waals surface area contributed by atoms with E-state index in [1.54, 1.807) is 29.9 Å². The Balaban J connectivity index is 1.79. The fourth-order valence-corrected chi connectivity index (χ4v) is 1.64. The zero-order valence-corrected chi connectivity index (χ0v) is 8.37. The van der Waals surface area contributed by atoms with Crippen LogP contribution in [0.1, 0.15) is 10.7 Å². The zero-order chi connectivity index (χ0) is 9.64. The molecule has 0 fully saturated rings. The maximum absolute atomic E-state index is 4.17. The average Bonchev–Trinajstić information content (AvgIpc) is 2.72. The minimum atomic E-state index is 0.730. The van der Waals surface area contributed by atoms with E-state index in [9.17, 15) is 0 Å². The van der Waals surface area contributed by atoms with Gasteiger partial charge in [0.15, 0.2) is 0 Å². The fourth-order valence-electron chi connectivity index (χ4n) is 1.06. The molecule has 0 saturated heterocycles. The van der Waals surface area contributed by atoms with Crippen molar-refractivity contribution in [3.63, 3.8) is 0 Å². The zero-order valence-electron chi connectivity index (χ0n) is 7.55. The number of nitrogens with zero attached hydrogens (tertiary/aromatic N) is 3. The smallest absolute Gasteiger partial charge is 0.106 e. The van der Waals surface area contributed by atoms with Gasteiger partial charge in [-0.2, -0.15) is 0 Å². The van der Waals surface area contributed by atoms with Crippen molar-refractivity contribution in [2.75, 3.05) is 0 Å². The van der Waals surface area contributed by atoms with Crippen molar-refractivity contribution >= 4 is 11.3 Å². The summed E-state index contributed by atoms with van der Waals surface area (Å²) in [6.07, 6.45) is 6.93. The summed E-state index contributed by atoms with van der Waals surface area (Å²) in [6.45, 7) is 1.52. The van der Waals surface area contributed by atoms with E-state index in [0.717, 1.165) is 23.8 Å². The lowest BCUT2D eigenvalue weighted by Crippen LogP contribution is -2.13. The van der Waals surface area contributed by atoms with Gasteiger partial charge in [-0.05, 0) is 0 Å². The van der Waals surface area contributed by atoms with Crippen molar-refractivity contribution < 1.29 is 0 Å². The third-order valence-corrected chi connectivity index (χ3v) is 2.46. The molecule has 0 saturated carbocycles. The first-order chi connectivity index (χ1) is 6.95. The monoisotopic (exact) mass is 206 g/mol. The maximum Gasteiger partial charge on any atom is 0.106 e. The van der Waals surface area contributed by atoms with Gasteiger partial charge in [-0.25, -0.2) is 4.98 Å². The normalized spacial score (nSPS) is 10.3. The van der Waals surface area contributed by atoms with Crippen molar-refractivity contribution in [3.05, 3.63) is 40.9 Å². The molecule has 0 radical (unpaired) electrons. The summed E-state index contributed by atoms with van der Waals surface area (Å²) in [6, 6.07) is 0. The van der Waals surface area contributed by atoms with Crippen molar-refractivity contribution in [2.45, 2.75) is 13.1 Å². The van der Waals surface area contributed by atoms with Crippen molar-refractivity contribution in [1.29, 1.82) is 0 Å². The van der Waals surface area contributed by atoms with Crippen LogP contribution in [-0.2, 0) is 13.1 Å². The molecule has 0 aliphatic carbocycles. The molecule has 0 aromatic carbocycles. The molecule has 2 aromatic heterocycles. The molecule has 0 spiro atoms. The van der Waals surface area contributed by atoms with Crippen LogP contribution < -0.4 is 5.32 Å². The highest BCUT2D eigenvalue weighted by Crippen LogP contribution is 2.02. The van der Waals surface area contributed by atoms with Crippen LogP contribution in [0.15, 0.2) is 30.2 Å². The Morgan fingerprint density at radius 3 is 2.86 bits per heavy atom. The van der Waals surface area contributed by atoms with Gasteiger partial charge in [-0.15, -0.1) is 11.3 Å². The fraction of sp³-hybridized carbons (Fsp3) is 0.222. The molecule has 0 atom stereocenters. The summed E-state index contributed by atoms with van der Waals surface area (Å²) in [5.74, 6) is 0. The van der Waals surface area contributed by atoms with E-state index in [1.807, 2.05) is 11.6 Å². The number of rotatable bonds is 4. The van der Waals surface area contributed by atoms with Crippen molar-refractivity contribution in [1.82, 2.24) is 20.3 Å². The van der Waals surface area contributed by atoms with E-state index in [0.29, 0.717) is 0 Å². The Hall–Kier alpha value is -1.33. The topological polar surface area (TPSA) is 50.7 Å². The number of hydrogen-bond donors (Lipinski definition) is 1. The van der Waals surface area contributed by atoms with Gasteiger partial charge in [0.05, 0.1) is 5.69 Å². The summed E-state index contributed by atoms with van der Waals surface area (Å²) >= 11 is 1.65. The SMILES string of the molecule is c1cnc(CNCc2nccs2)cn1. The second-order valence-corrected chi connectivity index (χ2v) is 3.71. The van der Waals surface area contributed by atoms with Gasteiger partial charge in [0.25, 0.3) is 0 Å². The Morgan fingerprint density at radius 1 is 1.14 bits per heavy atom. The van der Waals surface area contributed by atoms with Crippen LogP contribution in [-0.4, -0.2) is 15.0 Å². The van der Waals surface area contributed by atoms with E-state index in [4.69, 9.17) is 0 Å². The van der Waals surface area contributed by atoms with Crippen LogP contribution in [0.25, 0.3) is 0 Å². The Labute approximate surface area is 86.1 Å². The minimum absolute atomic E-state index is 0.730. The van der Waals surface area contributed by atoms with Gasteiger partial charge in [0.1, 0.15) is 5.01 Å². The molecule has 0 unspecified atom stereocenters. The molecule has 1 N–H and O–H groups in total. The quantitative estimate of drug-likeness (QED) is 0.817. The standard InChI is InChI=1S/C9H10N4S/c1-2-12-8(5-10-1)6-11-7-9-13-3-4-14-9/h1-5,11H,6-7H2. The minimum Gasteiger partial charge on any atom is -0.305 e. The van der Waals surface area contributed by atoms with Gasteiger partial charge < -0.3 is 5.32 Å². The number of nitrogens with one attached hydrogen (secondary N) is 1. The molecular weight excluding hydrogens is 196 g/mol. The predicted octanol–water partition coefficient (Wildman–Crippen LogP) is 1.22. The lowest BCUT2D eigenvalue weighted by Gasteiger charge is -2.00. The summed E-state index contributed by atoms with van der Waals surface area (Å²) in [5.41, 5.74) is 0.948. The van der Waals surface area contributed by atoms with Gasteiger partial charge in [0, 0.05) is 43.3 Å². The number of thiazole rings is 1. The highest BCUT2D eigenvalue weighted by atomic mass is 32.1. The summed E-state index contributed by atoms with van der Waals surface area (Å²) in [4.78, 5) is 12.3. The molecule has 2 rings (SSSR count). The van der Waals surface area contributed by atoms with Gasteiger partial charge >= 0.3 is 0 Å². The Bertz CT molecular complexity index is 360. The molecule has 0 amide bonds. The van der Waals surface area contributed by atoms with E-state index < -0.39 is 0 Å². The molecule has 4 nitrogen and oxygen atoms in total. The number of aromatic nitrogens is 3. The molecular formula is C9H10N4S. The molecule has 2 heterocycles. The first kappa shape index (κ1) is 9.23. The second kappa shape index (κ2) is 4.78. The first-order valence-corrected chi connectivity index (χ1v) is 5.17. The average molecular weight is 206 g/mol. The van der Waals surface area contributed by atoms with E-state index in [1.165, 1.54) is 0 Å². The Kier molecular flexibility index (Phi) is 3.15. The first-order valence-electron chi connectivity index (χ1n) is 4.29. The van der Waals surface area contributed by atoms with E-state index in [-0.39, 0.29) is 0 Å². The maximum atomic E-state index is 4.17. The summed E-state index contributed by atoms with van der Waals surface area (Å²) in [7, 11) is 0. The molecule has 0 aliphatic heterocycles. The number of hydrogen-bond acceptors (Lipinski definition) is 5. The molecule has 0 aliphatic rings. The predicted molar refractivity (Wildman–Crippen MR) is 54.7 cm³/mol. The lowest BCUT2D eigenvalue weighted by molar-refractivity contribution is 0.674. The molecule has 5 heteroatoms. The molecule has 2 aromatic rings. The summed E-state index contributed by atoms with van der Waals surface area (Å²) in [5, 5.41) is 6.31. The van der Waals surface area contributed by atoms with Gasteiger partial charge in [-0.3, -0.25) is 9.97 Å². The van der Waals surface area contributed by atoms with E-state index >= 15 is 0 Å². The second-order valence-electron chi connectivity index (χ2n) is 2.73. The van der Waals surface area contributed by atoms with Crippen LogP contribution in [0.4, 0.5) is 0 Å². The van der Waals surface area contributed by atoms with Gasteiger partial charge in [0.2, 0.25) is 0 Å². The molecule has 0 bridgehead atoms. The van der Waals surface area contributed by atoms with Crippen molar-refractivity contribution in [2.24, 2.45) is 0 Å². The molecule has 72 valence electrons. The third-order valence-electron chi connectivity index (χ3n) is 1.68. The van der Waals surface area contributed by atoms with Crippen LogP contribution in [0.3, 0.4) is 0 Å². The van der Waals surface area contributed by atoms with Crippen LogP contribution in [0.5, 0.6) is 0 Å². The Morgan fingerprint density at radius 2 is 2.14 bits per heavy atom. The molecule has 14 heavy (non-hydrogen) atoms. The highest BCUT2D eigenvalue weighted by molar-refractivity contribution is 7.09. The van der Waals surface area contributed by atoms with E-state index in [2.05, 4.69) is 20.3 Å². The highest BCUT2D eigenvalue weighted by Gasteiger charge is 1.95. The van der Waals surface area contributed by atoms with Crippen LogP contribution in [0, 0.1) is 0 Å². The van der Waals surface area contributed by atoms with Crippen LogP contribution in [0.2, 0.25) is 0 Å². The summed E-state index contributed by atoms with van der Waals surface area (Å²) < 4.78 is 0. The van der Waals surface area contributed by atoms with Crippen molar-refractivity contribution in [3.8, 4) is 0 Å². The van der Waals surface area contributed by atoms with Gasteiger partial charge in [-0.1, -0.05) is 0 Å². The van der Waals surface area contributed by atoms with Crippen LogP contribution >= 0.6 is 11.3 Å². The lowest BCUT2D eigenvalue weighted by atomic mass is 10.4. The third kappa shape index (κ3) is 2.58.